The van der Waals surface area contributed by atoms with E-state index in [0.29, 0.717) is 37.2 Å². The Labute approximate surface area is 101 Å². The lowest BCUT2D eigenvalue weighted by molar-refractivity contribution is 0.106. The van der Waals surface area contributed by atoms with Gasteiger partial charge in [0.05, 0.1) is 20.3 Å². The summed E-state index contributed by atoms with van der Waals surface area (Å²) >= 11 is 0. The van der Waals surface area contributed by atoms with Gasteiger partial charge in [-0.1, -0.05) is 0 Å². The third kappa shape index (κ3) is 2.42. The molecule has 0 radical (unpaired) electrons. The third-order valence-corrected chi connectivity index (χ3v) is 3.02. The highest BCUT2D eigenvalue weighted by molar-refractivity contribution is 5.46. The van der Waals surface area contributed by atoms with Gasteiger partial charge in [-0.15, -0.1) is 0 Å². The predicted molar refractivity (Wildman–Crippen MR) is 63.7 cm³/mol. The Balaban J connectivity index is 2.48. The Kier molecular flexibility index (Phi) is 3.64. The highest BCUT2D eigenvalue weighted by Gasteiger charge is 2.22. The number of halogens is 1. The average Bonchev–Trinajstić information content (AvgIpc) is 2.32. The zero-order chi connectivity index (χ0) is 12.4. The van der Waals surface area contributed by atoms with Crippen LogP contribution in [-0.4, -0.2) is 19.8 Å². The van der Waals surface area contributed by atoms with E-state index in [-0.39, 0.29) is 11.9 Å². The molecule has 1 unspecified atom stereocenters. The van der Waals surface area contributed by atoms with Crippen molar-refractivity contribution < 1.29 is 13.9 Å². The van der Waals surface area contributed by atoms with E-state index in [4.69, 9.17) is 15.2 Å². The minimum Gasteiger partial charge on any atom is -0.496 e. The van der Waals surface area contributed by atoms with E-state index in [1.165, 1.54) is 0 Å². The average molecular weight is 239 g/mol. The van der Waals surface area contributed by atoms with Gasteiger partial charge in [-0.3, -0.25) is 0 Å². The van der Waals surface area contributed by atoms with Crippen LogP contribution in [0, 0.1) is 5.82 Å². The molecule has 4 heteroatoms. The first-order valence-electron chi connectivity index (χ1n) is 5.84. The second-order valence-electron chi connectivity index (χ2n) is 4.49. The minimum atomic E-state index is -0.183. The zero-order valence-electron chi connectivity index (χ0n) is 10.3. The van der Waals surface area contributed by atoms with Crippen LogP contribution in [0.4, 0.5) is 4.39 Å². The maximum atomic E-state index is 14.2. The van der Waals surface area contributed by atoms with Crippen molar-refractivity contribution in [2.75, 3.05) is 13.7 Å². The van der Waals surface area contributed by atoms with Gasteiger partial charge in [0.1, 0.15) is 11.6 Å². The van der Waals surface area contributed by atoms with Crippen LogP contribution in [-0.2, 0) is 24.2 Å². The van der Waals surface area contributed by atoms with Gasteiger partial charge in [-0.2, -0.15) is 0 Å². The van der Waals surface area contributed by atoms with Gasteiger partial charge in [-0.05, 0) is 31.4 Å². The topological polar surface area (TPSA) is 44.5 Å². The van der Waals surface area contributed by atoms with Crippen LogP contribution >= 0.6 is 0 Å². The molecular weight excluding hydrogens is 221 g/mol. The van der Waals surface area contributed by atoms with E-state index >= 15 is 0 Å². The summed E-state index contributed by atoms with van der Waals surface area (Å²) in [7, 11) is 1.61. The van der Waals surface area contributed by atoms with E-state index < -0.39 is 0 Å². The van der Waals surface area contributed by atoms with E-state index in [1.54, 1.807) is 13.2 Å². The normalized spacial score (nSPS) is 16.5. The molecule has 0 bridgehead atoms. The van der Waals surface area contributed by atoms with Crippen molar-refractivity contribution in [3.8, 4) is 5.75 Å². The molecule has 0 saturated heterocycles. The maximum absolute atomic E-state index is 14.2. The quantitative estimate of drug-likeness (QED) is 0.874. The molecule has 94 valence electrons. The zero-order valence-corrected chi connectivity index (χ0v) is 10.3. The number of ether oxygens (including phenoxy) is 2. The van der Waals surface area contributed by atoms with Crippen molar-refractivity contribution in [3.05, 3.63) is 28.6 Å². The molecule has 1 aromatic carbocycles. The summed E-state index contributed by atoms with van der Waals surface area (Å²) < 4.78 is 24.9. The monoisotopic (exact) mass is 239 g/mol. The molecule has 17 heavy (non-hydrogen) atoms. The smallest absolute Gasteiger partial charge is 0.132 e. The molecule has 2 N–H and O–H groups in total. The van der Waals surface area contributed by atoms with Crippen LogP contribution in [0.1, 0.15) is 23.6 Å². The van der Waals surface area contributed by atoms with Crippen LogP contribution in [0.3, 0.4) is 0 Å². The molecule has 0 saturated carbocycles. The fraction of sp³-hybridized carbons (Fsp3) is 0.538. The van der Waals surface area contributed by atoms with Crippen LogP contribution in [0.15, 0.2) is 6.07 Å². The van der Waals surface area contributed by atoms with Crippen molar-refractivity contribution in [3.63, 3.8) is 0 Å². The minimum absolute atomic E-state index is 0.0724. The summed E-state index contributed by atoms with van der Waals surface area (Å²) in [5, 5.41) is 0. The Morgan fingerprint density at radius 2 is 2.29 bits per heavy atom. The SMILES string of the molecule is COc1cc(CC(C)N)c(F)c2c1CCOC2. The van der Waals surface area contributed by atoms with E-state index in [0.717, 1.165) is 11.3 Å². The van der Waals surface area contributed by atoms with Crippen LogP contribution in [0.5, 0.6) is 5.75 Å². The van der Waals surface area contributed by atoms with Crippen LogP contribution in [0.2, 0.25) is 0 Å². The van der Waals surface area contributed by atoms with Crippen molar-refractivity contribution in [1.82, 2.24) is 0 Å². The third-order valence-electron chi connectivity index (χ3n) is 3.02. The lowest BCUT2D eigenvalue weighted by Gasteiger charge is -2.22. The standard InChI is InChI=1S/C13H18FNO2/c1-8(15)5-9-6-12(16-2)10-3-4-17-7-11(10)13(9)14/h6,8H,3-5,7,15H2,1-2H3. The van der Waals surface area contributed by atoms with E-state index in [1.807, 2.05) is 6.92 Å². The number of rotatable bonds is 3. The van der Waals surface area contributed by atoms with Gasteiger partial charge in [0.2, 0.25) is 0 Å². The van der Waals surface area contributed by atoms with E-state index in [9.17, 15) is 4.39 Å². The first-order chi connectivity index (χ1) is 8.13. The lowest BCUT2D eigenvalue weighted by Crippen LogP contribution is -2.21. The summed E-state index contributed by atoms with van der Waals surface area (Å²) in [6, 6.07) is 1.69. The second kappa shape index (κ2) is 5.02. The highest BCUT2D eigenvalue weighted by Crippen LogP contribution is 2.32. The van der Waals surface area contributed by atoms with Crippen molar-refractivity contribution in [1.29, 1.82) is 0 Å². The van der Waals surface area contributed by atoms with Gasteiger partial charge in [0.25, 0.3) is 0 Å². The van der Waals surface area contributed by atoms with Crippen molar-refractivity contribution in [2.24, 2.45) is 5.73 Å². The Morgan fingerprint density at radius 1 is 1.53 bits per heavy atom. The number of benzene rings is 1. The van der Waals surface area contributed by atoms with Gasteiger partial charge in [-0.25, -0.2) is 4.39 Å². The van der Waals surface area contributed by atoms with Crippen molar-refractivity contribution in [2.45, 2.75) is 32.4 Å². The van der Waals surface area contributed by atoms with E-state index in [2.05, 4.69) is 0 Å². The van der Waals surface area contributed by atoms with Gasteiger partial charge >= 0.3 is 0 Å². The van der Waals surface area contributed by atoms with Crippen LogP contribution < -0.4 is 10.5 Å². The molecule has 1 aromatic rings. The summed E-state index contributed by atoms with van der Waals surface area (Å²) in [6.45, 7) is 2.81. The number of hydrogen-bond donors (Lipinski definition) is 1. The predicted octanol–water partition coefficient (Wildman–Crippen LogP) is 1.80. The lowest BCUT2D eigenvalue weighted by atomic mass is 9.95. The van der Waals surface area contributed by atoms with Gasteiger partial charge < -0.3 is 15.2 Å². The molecule has 1 heterocycles. The Bertz CT molecular complexity index is 418. The summed E-state index contributed by atoms with van der Waals surface area (Å²) in [6.07, 6.45) is 1.21. The molecule has 0 fully saturated rings. The fourth-order valence-electron chi connectivity index (χ4n) is 2.23. The fourth-order valence-corrected chi connectivity index (χ4v) is 2.23. The Morgan fingerprint density at radius 3 is 2.94 bits per heavy atom. The number of methoxy groups -OCH3 is 1. The summed E-state index contributed by atoms with van der Waals surface area (Å²) in [4.78, 5) is 0. The number of nitrogens with two attached hydrogens (primary N) is 1. The first-order valence-corrected chi connectivity index (χ1v) is 5.84. The molecule has 0 aliphatic carbocycles. The molecule has 0 spiro atoms. The molecule has 1 aliphatic rings. The molecule has 1 aliphatic heterocycles. The number of fused-ring (bicyclic) bond motifs is 1. The summed E-state index contributed by atoms with van der Waals surface area (Å²) in [5.41, 5.74) is 7.90. The number of hydrogen-bond acceptors (Lipinski definition) is 3. The Hall–Kier alpha value is -1.13. The van der Waals surface area contributed by atoms with Crippen LogP contribution in [0.25, 0.3) is 0 Å². The van der Waals surface area contributed by atoms with Gasteiger partial charge in [0.15, 0.2) is 0 Å². The highest BCUT2D eigenvalue weighted by atomic mass is 19.1. The van der Waals surface area contributed by atoms with Gasteiger partial charge in [0, 0.05) is 17.2 Å². The second-order valence-corrected chi connectivity index (χ2v) is 4.49. The molecular formula is C13H18FNO2. The molecule has 2 rings (SSSR count). The first kappa shape index (κ1) is 12.3. The molecule has 1 atom stereocenters. The largest absolute Gasteiger partial charge is 0.496 e. The summed E-state index contributed by atoms with van der Waals surface area (Å²) in [5.74, 6) is 0.568. The molecule has 0 aromatic heterocycles. The molecule has 0 amide bonds. The molecule has 3 nitrogen and oxygen atoms in total. The maximum Gasteiger partial charge on any atom is 0.132 e. The van der Waals surface area contributed by atoms with Crippen molar-refractivity contribution >= 4 is 0 Å².